The summed E-state index contributed by atoms with van der Waals surface area (Å²) in [5.74, 6) is -0.986. The summed E-state index contributed by atoms with van der Waals surface area (Å²) in [4.78, 5) is 23.7. The molecule has 0 radical (unpaired) electrons. The van der Waals surface area contributed by atoms with Gasteiger partial charge in [0.05, 0.1) is 22.9 Å². The van der Waals surface area contributed by atoms with Crippen LogP contribution in [0.5, 0.6) is 0 Å². The number of piperazine rings is 1. The van der Waals surface area contributed by atoms with Crippen molar-refractivity contribution in [2.24, 2.45) is 0 Å². The van der Waals surface area contributed by atoms with Crippen molar-refractivity contribution in [1.82, 2.24) is 14.9 Å². The Bertz CT molecular complexity index is 942. The standard InChI is InChI=1S/C15H19N3O6S2/c19-14-9-18(6-5-16-14)26(23,24)13-3-1-2-11(8-13)15(20)17-12-4-7-25(21,22)10-12/h1-3,8,12H,4-7,9-10H2,(H,16,19)(H,17,20). The maximum atomic E-state index is 12.7. The maximum absolute atomic E-state index is 12.7. The van der Waals surface area contributed by atoms with Gasteiger partial charge in [-0.3, -0.25) is 9.59 Å². The Kier molecular flexibility index (Phi) is 5.04. The van der Waals surface area contributed by atoms with Crippen molar-refractivity contribution >= 4 is 31.7 Å². The SMILES string of the molecule is O=C1CN(S(=O)(=O)c2cccc(C(=O)NC3CCS(=O)(=O)C3)c2)CCN1. The number of benzene rings is 1. The van der Waals surface area contributed by atoms with E-state index in [9.17, 15) is 26.4 Å². The van der Waals surface area contributed by atoms with Gasteiger partial charge in [0.1, 0.15) is 0 Å². The molecule has 2 amide bonds. The molecule has 3 rings (SSSR count). The lowest BCUT2D eigenvalue weighted by Crippen LogP contribution is -2.49. The van der Waals surface area contributed by atoms with E-state index in [0.29, 0.717) is 6.42 Å². The Hall–Kier alpha value is -1.98. The first-order chi connectivity index (χ1) is 12.2. The van der Waals surface area contributed by atoms with Crippen LogP contribution in [0, 0.1) is 0 Å². The van der Waals surface area contributed by atoms with E-state index in [4.69, 9.17) is 0 Å². The highest BCUT2D eigenvalue weighted by Crippen LogP contribution is 2.18. The first kappa shape index (κ1) is 18.8. The zero-order chi connectivity index (χ0) is 18.9. The third kappa shape index (κ3) is 4.05. The molecule has 9 nitrogen and oxygen atoms in total. The molecule has 1 atom stereocenters. The summed E-state index contributed by atoms with van der Waals surface area (Å²) in [5, 5.41) is 5.18. The number of carbonyl (C=O) groups is 2. The molecule has 0 saturated carbocycles. The van der Waals surface area contributed by atoms with Gasteiger partial charge < -0.3 is 10.6 Å². The molecule has 2 saturated heterocycles. The third-order valence-corrected chi connectivity index (χ3v) is 7.91. The molecular formula is C15H19N3O6S2. The number of rotatable bonds is 4. The molecule has 1 aromatic carbocycles. The van der Waals surface area contributed by atoms with Crippen LogP contribution in [0.4, 0.5) is 0 Å². The highest BCUT2D eigenvalue weighted by Gasteiger charge is 2.31. The molecule has 1 unspecified atom stereocenters. The minimum absolute atomic E-state index is 0.0311. The number of sulfone groups is 1. The number of amides is 2. The summed E-state index contributed by atoms with van der Waals surface area (Å²) < 4.78 is 49.4. The van der Waals surface area contributed by atoms with Gasteiger partial charge in [0, 0.05) is 24.7 Å². The van der Waals surface area contributed by atoms with Crippen LogP contribution < -0.4 is 10.6 Å². The van der Waals surface area contributed by atoms with Crippen molar-refractivity contribution < 1.29 is 26.4 Å². The predicted molar refractivity (Wildman–Crippen MR) is 92.7 cm³/mol. The van der Waals surface area contributed by atoms with Crippen LogP contribution in [0.2, 0.25) is 0 Å². The highest BCUT2D eigenvalue weighted by atomic mass is 32.2. The van der Waals surface area contributed by atoms with E-state index in [1.807, 2.05) is 0 Å². The molecule has 0 spiro atoms. The number of hydrogen-bond donors (Lipinski definition) is 2. The molecule has 0 aliphatic carbocycles. The van der Waals surface area contributed by atoms with E-state index in [1.54, 1.807) is 0 Å². The van der Waals surface area contributed by atoms with E-state index in [-0.39, 0.29) is 47.5 Å². The molecule has 2 aliphatic heterocycles. The normalized spacial score (nSPS) is 23.4. The van der Waals surface area contributed by atoms with Crippen molar-refractivity contribution in [2.75, 3.05) is 31.1 Å². The largest absolute Gasteiger partial charge is 0.354 e. The highest BCUT2D eigenvalue weighted by molar-refractivity contribution is 7.91. The van der Waals surface area contributed by atoms with Gasteiger partial charge in [0.15, 0.2) is 9.84 Å². The Morgan fingerprint density at radius 3 is 2.73 bits per heavy atom. The van der Waals surface area contributed by atoms with Crippen molar-refractivity contribution in [1.29, 1.82) is 0 Å². The first-order valence-electron chi connectivity index (χ1n) is 8.06. The topological polar surface area (TPSA) is 130 Å². The summed E-state index contributed by atoms with van der Waals surface area (Å²) in [7, 11) is -7.03. The van der Waals surface area contributed by atoms with Crippen LogP contribution in [0.3, 0.4) is 0 Å². The van der Waals surface area contributed by atoms with E-state index in [1.165, 1.54) is 24.3 Å². The fourth-order valence-electron chi connectivity index (χ4n) is 2.94. The second-order valence-corrected chi connectivity index (χ2v) is 10.5. The van der Waals surface area contributed by atoms with E-state index in [0.717, 1.165) is 4.31 Å². The van der Waals surface area contributed by atoms with Gasteiger partial charge in [0.25, 0.3) is 5.91 Å². The number of sulfonamides is 1. The molecule has 2 aliphatic rings. The predicted octanol–water partition coefficient (Wildman–Crippen LogP) is -1.28. The average molecular weight is 401 g/mol. The summed E-state index contributed by atoms with van der Waals surface area (Å²) in [5.41, 5.74) is 0.122. The smallest absolute Gasteiger partial charge is 0.251 e. The van der Waals surface area contributed by atoms with Crippen LogP contribution in [-0.4, -0.2) is 70.1 Å². The minimum Gasteiger partial charge on any atom is -0.354 e. The number of hydrogen-bond acceptors (Lipinski definition) is 6. The zero-order valence-corrected chi connectivity index (χ0v) is 15.5. The Balaban J connectivity index is 1.77. The van der Waals surface area contributed by atoms with Gasteiger partial charge in [0.2, 0.25) is 15.9 Å². The Morgan fingerprint density at radius 1 is 1.31 bits per heavy atom. The van der Waals surface area contributed by atoms with Gasteiger partial charge in [-0.25, -0.2) is 16.8 Å². The third-order valence-electron chi connectivity index (χ3n) is 4.30. The van der Waals surface area contributed by atoms with E-state index in [2.05, 4.69) is 10.6 Å². The molecule has 11 heteroatoms. The second kappa shape index (κ2) is 6.97. The van der Waals surface area contributed by atoms with Gasteiger partial charge in [-0.2, -0.15) is 4.31 Å². The Labute approximate surface area is 151 Å². The lowest BCUT2D eigenvalue weighted by molar-refractivity contribution is -0.122. The van der Waals surface area contributed by atoms with Crippen LogP contribution in [0.1, 0.15) is 16.8 Å². The van der Waals surface area contributed by atoms with Gasteiger partial charge >= 0.3 is 0 Å². The second-order valence-electron chi connectivity index (χ2n) is 6.29. The number of carbonyl (C=O) groups excluding carboxylic acids is 2. The lowest BCUT2D eigenvalue weighted by Gasteiger charge is -2.26. The average Bonchev–Trinajstić information content (AvgIpc) is 2.93. The minimum atomic E-state index is -3.90. The fourth-order valence-corrected chi connectivity index (χ4v) is 6.06. The Morgan fingerprint density at radius 2 is 2.08 bits per heavy atom. The van der Waals surface area contributed by atoms with Crippen LogP contribution in [0.25, 0.3) is 0 Å². The van der Waals surface area contributed by atoms with E-state index < -0.39 is 31.8 Å². The molecule has 2 heterocycles. The number of nitrogens with zero attached hydrogens (tertiary/aromatic N) is 1. The molecule has 0 aromatic heterocycles. The summed E-state index contributed by atoms with van der Waals surface area (Å²) in [6, 6.07) is 5.02. The molecule has 1 aromatic rings. The van der Waals surface area contributed by atoms with Crippen molar-refractivity contribution in [2.45, 2.75) is 17.4 Å². The van der Waals surface area contributed by atoms with Crippen LogP contribution in [-0.2, 0) is 24.7 Å². The quantitative estimate of drug-likeness (QED) is 0.647. The zero-order valence-electron chi connectivity index (χ0n) is 13.8. The summed E-state index contributed by atoms with van der Waals surface area (Å²) in [6.07, 6.45) is 0.342. The summed E-state index contributed by atoms with van der Waals surface area (Å²) >= 11 is 0. The molecule has 2 fully saturated rings. The number of nitrogens with one attached hydrogen (secondary N) is 2. The van der Waals surface area contributed by atoms with Gasteiger partial charge in [-0.05, 0) is 24.6 Å². The molecular weight excluding hydrogens is 382 g/mol. The van der Waals surface area contributed by atoms with Crippen LogP contribution >= 0.6 is 0 Å². The van der Waals surface area contributed by atoms with Gasteiger partial charge in [-0.15, -0.1) is 0 Å². The van der Waals surface area contributed by atoms with Crippen LogP contribution in [0.15, 0.2) is 29.2 Å². The van der Waals surface area contributed by atoms with Gasteiger partial charge in [-0.1, -0.05) is 6.07 Å². The van der Waals surface area contributed by atoms with Crippen molar-refractivity contribution in [3.05, 3.63) is 29.8 Å². The van der Waals surface area contributed by atoms with Crippen molar-refractivity contribution in [3.8, 4) is 0 Å². The molecule has 2 N–H and O–H groups in total. The fraction of sp³-hybridized carbons (Fsp3) is 0.467. The van der Waals surface area contributed by atoms with E-state index >= 15 is 0 Å². The lowest BCUT2D eigenvalue weighted by atomic mass is 10.2. The monoisotopic (exact) mass is 401 g/mol. The molecule has 142 valence electrons. The molecule has 0 bridgehead atoms. The maximum Gasteiger partial charge on any atom is 0.251 e. The summed E-state index contributed by atoms with van der Waals surface area (Å²) in [6.45, 7) is 0.123. The molecule has 26 heavy (non-hydrogen) atoms. The van der Waals surface area contributed by atoms with Crippen molar-refractivity contribution in [3.63, 3.8) is 0 Å². The first-order valence-corrected chi connectivity index (χ1v) is 11.3.